The van der Waals surface area contributed by atoms with Gasteiger partial charge in [-0.05, 0) is 33.6 Å². The minimum absolute atomic E-state index is 0.0640. The van der Waals surface area contributed by atoms with E-state index in [1.807, 2.05) is 20.8 Å². The molecule has 0 spiro atoms. The zero-order valence-corrected chi connectivity index (χ0v) is 12.7. The second-order valence-electron chi connectivity index (χ2n) is 6.69. The van der Waals surface area contributed by atoms with E-state index in [1.165, 1.54) is 30.2 Å². The van der Waals surface area contributed by atoms with Gasteiger partial charge in [0.25, 0.3) is 0 Å². The van der Waals surface area contributed by atoms with Crippen LogP contribution in [0.2, 0.25) is 0 Å². The number of nitrogens with two attached hydrogens (primary N) is 1. The lowest BCUT2D eigenvalue weighted by atomic mass is 9.72. The quantitative estimate of drug-likeness (QED) is 0.903. The average molecular weight is 279 g/mol. The molecule has 1 heterocycles. The summed E-state index contributed by atoms with van der Waals surface area (Å²) in [6, 6.07) is 0. The number of aromatic nitrogens is 2. The number of ether oxygens (including phenoxy) is 1. The molecule has 1 aliphatic carbocycles. The highest BCUT2D eigenvalue weighted by atomic mass is 16.6. The Morgan fingerprint density at radius 2 is 2.05 bits per heavy atom. The molecule has 5 heteroatoms. The van der Waals surface area contributed by atoms with Gasteiger partial charge in [-0.3, -0.25) is 0 Å². The molecule has 2 rings (SSSR count). The van der Waals surface area contributed by atoms with Gasteiger partial charge in [-0.2, -0.15) is 0 Å². The summed E-state index contributed by atoms with van der Waals surface area (Å²) in [5.41, 5.74) is 6.35. The van der Waals surface area contributed by atoms with Crippen molar-refractivity contribution in [2.75, 3.05) is 6.54 Å². The smallest absolute Gasteiger partial charge is 0.419 e. The molecule has 0 bridgehead atoms. The number of hydrogen-bond donors (Lipinski definition) is 1. The molecular weight excluding hydrogens is 254 g/mol. The summed E-state index contributed by atoms with van der Waals surface area (Å²) in [4.78, 5) is 16.4. The van der Waals surface area contributed by atoms with Crippen molar-refractivity contribution in [1.82, 2.24) is 9.55 Å². The highest BCUT2D eigenvalue weighted by Crippen LogP contribution is 2.37. The first-order valence-electron chi connectivity index (χ1n) is 7.34. The Bertz CT molecular complexity index is 468. The van der Waals surface area contributed by atoms with Gasteiger partial charge in [0.1, 0.15) is 11.9 Å². The second-order valence-corrected chi connectivity index (χ2v) is 6.69. The Balaban J connectivity index is 2.17. The summed E-state index contributed by atoms with van der Waals surface area (Å²) in [5.74, 6) is 0. The van der Waals surface area contributed by atoms with E-state index in [4.69, 9.17) is 10.5 Å². The molecule has 0 saturated heterocycles. The summed E-state index contributed by atoms with van der Waals surface area (Å²) >= 11 is 0. The maximum Gasteiger partial charge on any atom is 0.419 e. The predicted molar refractivity (Wildman–Crippen MR) is 77.7 cm³/mol. The van der Waals surface area contributed by atoms with Gasteiger partial charge in [0.15, 0.2) is 0 Å². The lowest BCUT2D eigenvalue weighted by Crippen LogP contribution is -2.37. The maximum absolute atomic E-state index is 12.0. The van der Waals surface area contributed by atoms with Crippen LogP contribution in [0.25, 0.3) is 0 Å². The minimum atomic E-state index is -0.502. The number of imidazole rings is 1. The van der Waals surface area contributed by atoms with Crippen LogP contribution in [-0.2, 0) is 10.2 Å². The van der Waals surface area contributed by atoms with Gasteiger partial charge >= 0.3 is 6.09 Å². The predicted octanol–water partition coefficient (Wildman–Crippen LogP) is 2.83. The molecule has 0 amide bonds. The largest absolute Gasteiger partial charge is 0.443 e. The topological polar surface area (TPSA) is 70.1 Å². The van der Waals surface area contributed by atoms with Crippen molar-refractivity contribution < 1.29 is 9.53 Å². The normalized spacial score (nSPS) is 18.8. The van der Waals surface area contributed by atoms with Gasteiger partial charge in [-0.1, -0.05) is 19.3 Å². The van der Waals surface area contributed by atoms with Crippen molar-refractivity contribution >= 4 is 6.09 Å². The van der Waals surface area contributed by atoms with Crippen LogP contribution in [0, 0.1) is 0 Å². The fourth-order valence-corrected chi connectivity index (χ4v) is 2.80. The van der Waals surface area contributed by atoms with Gasteiger partial charge in [0, 0.05) is 18.2 Å². The fourth-order valence-electron chi connectivity index (χ4n) is 2.80. The van der Waals surface area contributed by atoms with E-state index in [-0.39, 0.29) is 11.5 Å². The van der Waals surface area contributed by atoms with Crippen LogP contribution in [0.1, 0.15) is 58.6 Å². The second kappa shape index (κ2) is 5.56. The molecule has 1 aromatic rings. The number of carbonyl (C=O) groups excluding carboxylic acids is 1. The summed E-state index contributed by atoms with van der Waals surface area (Å²) in [6.45, 7) is 6.14. The molecule has 0 aliphatic heterocycles. The first-order valence-corrected chi connectivity index (χ1v) is 7.34. The first-order chi connectivity index (χ1) is 9.36. The third kappa shape index (κ3) is 3.20. The molecule has 112 valence electrons. The third-order valence-corrected chi connectivity index (χ3v) is 3.93. The molecule has 0 unspecified atom stereocenters. The highest BCUT2D eigenvalue weighted by Gasteiger charge is 2.35. The van der Waals surface area contributed by atoms with Crippen LogP contribution in [0.4, 0.5) is 4.79 Å². The Morgan fingerprint density at radius 3 is 2.60 bits per heavy atom. The monoisotopic (exact) mass is 279 g/mol. The standard InChI is InChI=1S/C15H25N3O2/c1-14(2,3)20-13(19)18-9-12(17-11-18)15(10-16)7-5-4-6-8-15/h9,11H,4-8,10,16H2,1-3H3. The van der Waals surface area contributed by atoms with Gasteiger partial charge in [0.05, 0.1) is 5.69 Å². The number of nitrogens with zero attached hydrogens (tertiary/aromatic N) is 2. The number of carbonyl (C=O) groups is 1. The van der Waals surface area contributed by atoms with Crippen LogP contribution in [-0.4, -0.2) is 27.8 Å². The van der Waals surface area contributed by atoms with Crippen LogP contribution in [0.3, 0.4) is 0 Å². The first kappa shape index (κ1) is 15.0. The summed E-state index contributed by atoms with van der Waals surface area (Å²) < 4.78 is 6.77. The van der Waals surface area contributed by atoms with Crippen LogP contribution in [0.15, 0.2) is 12.5 Å². The van der Waals surface area contributed by atoms with Gasteiger partial charge in [-0.25, -0.2) is 14.3 Å². The zero-order chi connectivity index (χ0) is 14.8. The molecule has 1 fully saturated rings. The lowest BCUT2D eigenvalue weighted by molar-refractivity contribution is 0.0536. The molecule has 1 aromatic heterocycles. The zero-order valence-electron chi connectivity index (χ0n) is 12.7. The number of rotatable bonds is 2. The SMILES string of the molecule is CC(C)(C)OC(=O)n1cnc(C2(CN)CCCCC2)c1. The Hall–Kier alpha value is -1.36. The van der Waals surface area contributed by atoms with Crippen LogP contribution < -0.4 is 5.73 Å². The van der Waals surface area contributed by atoms with Crippen molar-refractivity contribution in [3.63, 3.8) is 0 Å². The average Bonchev–Trinajstić information content (AvgIpc) is 2.88. The molecule has 1 saturated carbocycles. The minimum Gasteiger partial charge on any atom is -0.443 e. The van der Waals surface area contributed by atoms with E-state index in [0.717, 1.165) is 18.5 Å². The Labute approximate surface area is 120 Å². The molecule has 0 radical (unpaired) electrons. The van der Waals surface area contributed by atoms with E-state index in [1.54, 1.807) is 6.20 Å². The van der Waals surface area contributed by atoms with Crippen molar-refractivity contribution in [3.05, 3.63) is 18.2 Å². The summed E-state index contributed by atoms with van der Waals surface area (Å²) in [5, 5.41) is 0. The van der Waals surface area contributed by atoms with Crippen LogP contribution in [0.5, 0.6) is 0 Å². The van der Waals surface area contributed by atoms with Gasteiger partial charge < -0.3 is 10.5 Å². The van der Waals surface area contributed by atoms with E-state index in [0.29, 0.717) is 6.54 Å². The Morgan fingerprint density at radius 1 is 1.40 bits per heavy atom. The molecule has 0 atom stereocenters. The van der Waals surface area contributed by atoms with Crippen molar-refractivity contribution in [2.24, 2.45) is 5.73 Å². The highest BCUT2D eigenvalue weighted by molar-refractivity contribution is 5.70. The van der Waals surface area contributed by atoms with Crippen LogP contribution >= 0.6 is 0 Å². The molecular formula is C15H25N3O2. The van der Waals surface area contributed by atoms with E-state index < -0.39 is 5.60 Å². The van der Waals surface area contributed by atoms with E-state index in [9.17, 15) is 4.79 Å². The molecule has 5 nitrogen and oxygen atoms in total. The maximum atomic E-state index is 12.0. The van der Waals surface area contributed by atoms with Crippen molar-refractivity contribution in [3.8, 4) is 0 Å². The number of hydrogen-bond acceptors (Lipinski definition) is 4. The summed E-state index contributed by atoms with van der Waals surface area (Å²) in [6.07, 6.45) is 8.64. The lowest BCUT2D eigenvalue weighted by Gasteiger charge is -2.34. The van der Waals surface area contributed by atoms with Gasteiger partial charge in [-0.15, -0.1) is 0 Å². The molecule has 20 heavy (non-hydrogen) atoms. The fraction of sp³-hybridized carbons (Fsp3) is 0.733. The van der Waals surface area contributed by atoms with E-state index >= 15 is 0 Å². The summed E-state index contributed by atoms with van der Waals surface area (Å²) in [7, 11) is 0. The molecule has 1 aliphatic rings. The van der Waals surface area contributed by atoms with Gasteiger partial charge in [0.2, 0.25) is 0 Å². The molecule has 2 N–H and O–H groups in total. The van der Waals surface area contributed by atoms with Crippen molar-refractivity contribution in [2.45, 2.75) is 63.9 Å². The third-order valence-electron chi connectivity index (χ3n) is 3.93. The Kier molecular flexibility index (Phi) is 4.18. The van der Waals surface area contributed by atoms with E-state index in [2.05, 4.69) is 4.98 Å². The molecule has 0 aromatic carbocycles. The van der Waals surface area contributed by atoms with Crippen molar-refractivity contribution in [1.29, 1.82) is 0 Å².